The monoisotopic (exact) mass is 763 g/mol. The van der Waals surface area contributed by atoms with Gasteiger partial charge in [-0.1, -0.05) is 43.6 Å². The fraction of sp³-hybridized carbons (Fsp3) is 0.0811. The van der Waals surface area contributed by atoms with E-state index in [0.29, 0.717) is 45.4 Å². The molecule has 0 spiro atoms. The second-order valence-electron chi connectivity index (χ2n) is 10.7. The second-order valence-corrected chi connectivity index (χ2v) is 10.7. The van der Waals surface area contributed by atoms with Crippen LogP contribution in [0.4, 0.5) is 0 Å². The summed E-state index contributed by atoms with van der Waals surface area (Å²) in [5.74, 6) is 2.23. The van der Waals surface area contributed by atoms with Gasteiger partial charge in [0.2, 0.25) is 0 Å². The molecule has 218 valence electrons. The summed E-state index contributed by atoms with van der Waals surface area (Å²) in [7, 11) is 0. The molecule has 0 unspecified atom stereocenters. The number of nitrogens with zero attached hydrogens (tertiary/aromatic N) is 6. The fourth-order valence-electron chi connectivity index (χ4n) is 5.47. The van der Waals surface area contributed by atoms with E-state index >= 15 is 0 Å². The van der Waals surface area contributed by atoms with E-state index in [0.717, 1.165) is 27.6 Å². The number of nitriles is 2. The molecule has 0 radical (unpaired) electrons. The number of pyridine rings is 1. The fourth-order valence-corrected chi connectivity index (χ4v) is 5.47. The number of aromatic nitrogens is 4. The van der Waals surface area contributed by atoms with Gasteiger partial charge >= 0.3 is 21.1 Å². The molecule has 45 heavy (non-hydrogen) atoms. The standard InChI is InChI=1S/C37H24N6O.Pt/c1-24(2)25-15-16-40-36(17-25)43-34-12-4-3-11-32(34)33-14-13-31(19-35(33)43)44-30-10-6-9-29(18-30)42-23-28(22-41-42)37-26(20-38)7-5-8-27(37)21-39;/h3-17,22-24H,1-2H3;/q-2;+2. The molecule has 0 aliphatic heterocycles. The smallest absolute Gasteiger partial charge is 0.509 e. The minimum Gasteiger partial charge on any atom is -0.509 e. The molecule has 7 aromatic rings. The van der Waals surface area contributed by atoms with Gasteiger partial charge < -0.3 is 9.30 Å². The maximum atomic E-state index is 9.61. The van der Waals surface area contributed by atoms with Crippen molar-refractivity contribution in [2.45, 2.75) is 19.8 Å². The minimum absolute atomic E-state index is 0. The zero-order chi connectivity index (χ0) is 30.2. The van der Waals surface area contributed by atoms with Crippen molar-refractivity contribution in [1.29, 1.82) is 10.5 Å². The second kappa shape index (κ2) is 12.2. The van der Waals surface area contributed by atoms with Crippen molar-refractivity contribution in [3.63, 3.8) is 0 Å². The third-order valence-corrected chi connectivity index (χ3v) is 7.62. The first-order valence-electron chi connectivity index (χ1n) is 14.1. The zero-order valence-corrected chi connectivity index (χ0v) is 26.6. The summed E-state index contributed by atoms with van der Waals surface area (Å²) in [5, 5.41) is 25.9. The van der Waals surface area contributed by atoms with Crippen molar-refractivity contribution >= 4 is 21.8 Å². The Morgan fingerprint density at radius 3 is 2.36 bits per heavy atom. The molecule has 0 amide bonds. The maximum Gasteiger partial charge on any atom is 2.00 e. The quantitative estimate of drug-likeness (QED) is 0.159. The molecular formula is C37H24N6OPt. The average Bonchev–Trinajstić information content (AvgIpc) is 3.67. The molecule has 0 fully saturated rings. The van der Waals surface area contributed by atoms with Gasteiger partial charge in [0.25, 0.3) is 0 Å². The Balaban J connectivity index is 0.00000357. The van der Waals surface area contributed by atoms with Crippen molar-refractivity contribution < 1.29 is 25.8 Å². The largest absolute Gasteiger partial charge is 2.00 e. The summed E-state index contributed by atoms with van der Waals surface area (Å²) in [5.41, 5.74) is 5.83. The van der Waals surface area contributed by atoms with E-state index in [1.165, 1.54) is 5.56 Å². The topological polar surface area (TPSA) is 92.5 Å². The first-order valence-corrected chi connectivity index (χ1v) is 14.1. The van der Waals surface area contributed by atoms with E-state index in [2.05, 4.69) is 78.1 Å². The van der Waals surface area contributed by atoms with Crippen LogP contribution in [0.25, 0.3) is 44.4 Å². The molecule has 0 atom stereocenters. The zero-order valence-electron chi connectivity index (χ0n) is 24.3. The number of rotatable bonds is 6. The third kappa shape index (κ3) is 5.40. The van der Waals surface area contributed by atoms with Crippen molar-refractivity contribution in [1.82, 2.24) is 19.3 Å². The van der Waals surface area contributed by atoms with E-state index in [1.807, 2.05) is 42.6 Å². The molecule has 7 rings (SSSR count). The Hall–Kier alpha value is -5.49. The molecular weight excluding hydrogens is 740 g/mol. The number of benzene rings is 4. The summed E-state index contributed by atoms with van der Waals surface area (Å²) < 4.78 is 10.1. The van der Waals surface area contributed by atoms with Crippen LogP contribution in [0.5, 0.6) is 11.5 Å². The molecule has 0 saturated carbocycles. The molecule has 0 saturated heterocycles. The number of fused-ring (bicyclic) bond motifs is 3. The van der Waals surface area contributed by atoms with E-state index in [-0.39, 0.29) is 21.1 Å². The average molecular weight is 764 g/mol. The van der Waals surface area contributed by atoms with Crippen LogP contribution in [-0.4, -0.2) is 19.3 Å². The summed E-state index contributed by atoms with van der Waals surface area (Å²) in [6.07, 6.45) is 5.27. The van der Waals surface area contributed by atoms with Gasteiger partial charge in [0.1, 0.15) is 5.82 Å². The number of hydrogen-bond donors (Lipinski definition) is 0. The minimum atomic E-state index is 0. The summed E-state index contributed by atoms with van der Waals surface area (Å²) >= 11 is 0. The molecule has 8 heteroatoms. The van der Waals surface area contributed by atoms with Crippen LogP contribution in [0.1, 0.15) is 36.5 Å². The Morgan fingerprint density at radius 2 is 1.58 bits per heavy atom. The van der Waals surface area contributed by atoms with Gasteiger partial charge in [-0.15, -0.1) is 35.7 Å². The first-order chi connectivity index (χ1) is 21.5. The van der Waals surface area contributed by atoms with Gasteiger partial charge in [-0.2, -0.15) is 27.8 Å². The van der Waals surface area contributed by atoms with Crippen LogP contribution < -0.4 is 4.74 Å². The van der Waals surface area contributed by atoms with E-state index in [4.69, 9.17) is 9.72 Å². The van der Waals surface area contributed by atoms with Crippen molar-refractivity contribution in [3.05, 3.63) is 132 Å². The van der Waals surface area contributed by atoms with Gasteiger partial charge in [0, 0.05) is 40.5 Å². The Kier molecular flexibility index (Phi) is 8.05. The van der Waals surface area contributed by atoms with E-state index in [9.17, 15) is 10.5 Å². The van der Waals surface area contributed by atoms with Gasteiger partial charge in [0.15, 0.2) is 0 Å². The van der Waals surface area contributed by atoms with Crippen LogP contribution in [0.2, 0.25) is 0 Å². The van der Waals surface area contributed by atoms with Crippen molar-refractivity contribution in [2.24, 2.45) is 0 Å². The van der Waals surface area contributed by atoms with Crippen LogP contribution in [-0.2, 0) is 21.1 Å². The predicted molar refractivity (Wildman–Crippen MR) is 169 cm³/mol. The predicted octanol–water partition coefficient (Wildman–Crippen LogP) is 8.29. The van der Waals surface area contributed by atoms with Crippen LogP contribution >= 0.6 is 0 Å². The van der Waals surface area contributed by atoms with Gasteiger partial charge in [-0.05, 0) is 52.9 Å². The molecule has 0 N–H and O–H groups in total. The normalized spacial score (nSPS) is 10.9. The molecule has 0 bridgehead atoms. The van der Waals surface area contributed by atoms with Gasteiger partial charge in [-0.25, -0.2) is 4.98 Å². The SMILES string of the molecule is CC(C)c1ccnc(-n2c3[c-]c(Oc4[c-]c(-n5cc(-c6c(C#N)cccc6C#N)cn5)ccc4)ccc3c3ccccc32)c1.[Pt+2]. The van der Waals surface area contributed by atoms with Gasteiger partial charge in [-0.3, -0.25) is 4.68 Å². The van der Waals surface area contributed by atoms with Crippen molar-refractivity contribution in [2.75, 3.05) is 0 Å². The van der Waals surface area contributed by atoms with Crippen LogP contribution in [0.15, 0.2) is 104 Å². The van der Waals surface area contributed by atoms with Crippen LogP contribution in [0.3, 0.4) is 0 Å². The third-order valence-electron chi connectivity index (χ3n) is 7.62. The Bertz CT molecular complexity index is 2250. The molecule has 7 nitrogen and oxygen atoms in total. The summed E-state index contributed by atoms with van der Waals surface area (Å²) in [6.45, 7) is 4.35. The molecule has 0 aliphatic carbocycles. The summed E-state index contributed by atoms with van der Waals surface area (Å²) in [6, 6.07) is 38.2. The number of hydrogen-bond acceptors (Lipinski definition) is 5. The molecule has 3 heterocycles. The van der Waals surface area contributed by atoms with E-state index < -0.39 is 0 Å². The number of ether oxygens (including phenoxy) is 1. The molecule has 3 aromatic heterocycles. The Morgan fingerprint density at radius 1 is 0.822 bits per heavy atom. The summed E-state index contributed by atoms with van der Waals surface area (Å²) in [4.78, 5) is 4.72. The maximum absolute atomic E-state index is 9.61. The Labute approximate surface area is 274 Å². The number of para-hydroxylation sites is 1. The first kappa shape index (κ1) is 29.6. The van der Waals surface area contributed by atoms with Gasteiger partial charge in [0.05, 0.1) is 29.5 Å². The molecule has 0 aliphatic rings. The van der Waals surface area contributed by atoms with E-state index in [1.54, 1.807) is 35.3 Å². The van der Waals surface area contributed by atoms with Crippen molar-refractivity contribution in [3.8, 4) is 46.3 Å². The van der Waals surface area contributed by atoms with Crippen LogP contribution in [0, 0.1) is 34.8 Å². The molecule has 4 aromatic carbocycles.